The first-order chi connectivity index (χ1) is 10.5. The third-order valence-electron chi connectivity index (χ3n) is 5.00. The molecule has 1 aromatic rings. The Balaban J connectivity index is 0.00000144. The Bertz CT molecular complexity index is 534. The molecule has 0 spiro atoms. The Labute approximate surface area is 156 Å². The quantitative estimate of drug-likeness (QED) is 0.847. The maximum atomic E-state index is 10.4. The minimum absolute atomic E-state index is 0. The average Bonchev–Trinajstić information content (AvgIpc) is 2.89. The molecule has 0 amide bonds. The van der Waals surface area contributed by atoms with Crippen LogP contribution in [0.2, 0.25) is 0 Å². The summed E-state index contributed by atoms with van der Waals surface area (Å²) >= 11 is 0. The highest BCUT2D eigenvalue weighted by atomic mass is 35.5. The molecule has 2 aliphatic rings. The summed E-state index contributed by atoms with van der Waals surface area (Å²) in [6.07, 6.45) is 1.19. The molecule has 24 heavy (non-hydrogen) atoms. The van der Waals surface area contributed by atoms with Gasteiger partial charge in [0, 0.05) is 5.92 Å². The van der Waals surface area contributed by atoms with E-state index in [1.54, 1.807) is 0 Å². The van der Waals surface area contributed by atoms with Crippen molar-refractivity contribution in [3.8, 4) is 5.75 Å². The van der Waals surface area contributed by atoms with Crippen LogP contribution in [0.25, 0.3) is 0 Å². The van der Waals surface area contributed by atoms with Crippen LogP contribution in [0, 0.1) is 25.7 Å². The first-order valence-electron chi connectivity index (χ1n) is 8.36. The number of nitrogens with zero attached hydrogens (tertiary/aromatic N) is 2. The van der Waals surface area contributed by atoms with Crippen molar-refractivity contribution in [2.75, 3.05) is 13.1 Å². The molecule has 1 saturated heterocycles. The van der Waals surface area contributed by atoms with E-state index >= 15 is 0 Å². The minimum atomic E-state index is -0.398. The summed E-state index contributed by atoms with van der Waals surface area (Å²) in [5.74, 6) is 3.11. The lowest BCUT2D eigenvalue weighted by atomic mass is 9.78. The van der Waals surface area contributed by atoms with Crippen molar-refractivity contribution in [2.45, 2.75) is 58.7 Å². The van der Waals surface area contributed by atoms with Gasteiger partial charge in [0.05, 0.1) is 17.5 Å². The fraction of sp³-hybridized carbons (Fsp3) is 0.765. The maximum absolute atomic E-state index is 10.4. The van der Waals surface area contributed by atoms with Gasteiger partial charge in [-0.05, 0) is 51.6 Å². The van der Waals surface area contributed by atoms with E-state index in [0.717, 1.165) is 48.9 Å². The normalized spacial score (nSPS) is 28.8. The highest BCUT2D eigenvalue weighted by molar-refractivity contribution is 5.85. The third-order valence-corrected chi connectivity index (χ3v) is 5.00. The molecule has 2 N–H and O–H groups in total. The zero-order valence-corrected chi connectivity index (χ0v) is 16.4. The number of nitrogens with one attached hydrogen (secondary N) is 1. The van der Waals surface area contributed by atoms with Gasteiger partial charge in [-0.2, -0.15) is 0 Å². The van der Waals surface area contributed by atoms with Gasteiger partial charge in [-0.15, -0.1) is 24.8 Å². The second-order valence-corrected chi connectivity index (χ2v) is 7.11. The van der Waals surface area contributed by atoms with Crippen molar-refractivity contribution in [3.05, 3.63) is 17.2 Å². The molecule has 0 radical (unpaired) electrons. The van der Waals surface area contributed by atoms with Crippen LogP contribution in [-0.4, -0.2) is 40.4 Å². The van der Waals surface area contributed by atoms with Gasteiger partial charge >= 0.3 is 0 Å². The Morgan fingerprint density at radius 2 is 1.58 bits per heavy atom. The molecule has 0 bridgehead atoms. The topological polar surface area (TPSA) is 67.3 Å². The summed E-state index contributed by atoms with van der Waals surface area (Å²) in [5, 5.41) is 13.8. The first-order valence-corrected chi connectivity index (χ1v) is 8.36. The summed E-state index contributed by atoms with van der Waals surface area (Å²) in [6.45, 7) is 10.2. The van der Waals surface area contributed by atoms with Gasteiger partial charge in [-0.1, -0.05) is 13.8 Å². The Morgan fingerprint density at radius 1 is 1.04 bits per heavy atom. The van der Waals surface area contributed by atoms with Crippen LogP contribution in [0.15, 0.2) is 0 Å². The lowest BCUT2D eigenvalue weighted by Crippen LogP contribution is -2.42. The van der Waals surface area contributed by atoms with E-state index in [2.05, 4.69) is 29.1 Å². The van der Waals surface area contributed by atoms with Gasteiger partial charge in [-0.25, -0.2) is 9.97 Å². The summed E-state index contributed by atoms with van der Waals surface area (Å²) < 4.78 is 6.17. The third kappa shape index (κ3) is 4.31. The minimum Gasteiger partial charge on any atom is -0.484 e. The van der Waals surface area contributed by atoms with Crippen molar-refractivity contribution in [1.29, 1.82) is 0 Å². The van der Waals surface area contributed by atoms with E-state index in [-0.39, 0.29) is 30.9 Å². The van der Waals surface area contributed by atoms with Crippen LogP contribution in [0.3, 0.4) is 0 Å². The number of aliphatic hydroxyl groups excluding tert-OH is 1. The Hall–Kier alpha value is -0.620. The van der Waals surface area contributed by atoms with Gasteiger partial charge in [0.1, 0.15) is 11.9 Å². The van der Waals surface area contributed by atoms with Gasteiger partial charge in [0.25, 0.3) is 0 Å². The van der Waals surface area contributed by atoms with Crippen LogP contribution < -0.4 is 10.1 Å². The fourth-order valence-electron chi connectivity index (χ4n) is 3.70. The van der Waals surface area contributed by atoms with E-state index in [1.807, 2.05) is 13.8 Å². The molecule has 138 valence electrons. The number of hydrogen-bond acceptors (Lipinski definition) is 5. The monoisotopic (exact) mass is 377 g/mol. The molecule has 1 saturated carbocycles. The first kappa shape index (κ1) is 21.4. The number of rotatable bonds is 3. The summed E-state index contributed by atoms with van der Waals surface area (Å²) in [5.41, 5.74) is 1.74. The van der Waals surface area contributed by atoms with Crippen molar-refractivity contribution in [3.63, 3.8) is 0 Å². The maximum Gasteiger partial charge on any atom is 0.162 e. The molecule has 4 atom stereocenters. The molecule has 1 aliphatic heterocycles. The smallest absolute Gasteiger partial charge is 0.162 e. The van der Waals surface area contributed by atoms with Gasteiger partial charge < -0.3 is 15.2 Å². The fourth-order valence-corrected chi connectivity index (χ4v) is 3.70. The summed E-state index contributed by atoms with van der Waals surface area (Å²) in [6, 6.07) is 0. The highest BCUT2D eigenvalue weighted by Crippen LogP contribution is 2.35. The van der Waals surface area contributed by atoms with E-state index in [9.17, 15) is 5.11 Å². The van der Waals surface area contributed by atoms with Crippen LogP contribution in [-0.2, 0) is 0 Å². The SMILES string of the molecule is Cc1nc(C(C)C)nc(C)c1O[C@@H]1C[C@@H]2CNC[C@@H]2C[C@H]1O.Cl.Cl. The predicted molar refractivity (Wildman–Crippen MR) is 99.6 cm³/mol. The second-order valence-electron chi connectivity index (χ2n) is 7.11. The average molecular weight is 378 g/mol. The van der Waals surface area contributed by atoms with Crippen LogP contribution >= 0.6 is 24.8 Å². The molecule has 0 aromatic carbocycles. The highest BCUT2D eigenvalue weighted by Gasteiger charge is 2.40. The van der Waals surface area contributed by atoms with Gasteiger partial charge in [0.2, 0.25) is 0 Å². The largest absolute Gasteiger partial charge is 0.484 e. The Morgan fingerprint density at radius 3 is 2.12 bits per heavy atom. The van der Waals surface area contributed by atoms with Crippen LogP contribution in [0.5, 0.6) is 5.75 Å². The number of hydrogen-bond donors (Lipinski definition) is 2. The van der Waals surface area contributed by atoms with Crippen LogP contribution in [0.1, 0.15) is 49.8 Å². The van der Waals surface area contributed by atoms with E-state index in [1.165, 1.54) is 0 Å². The lowest BCUT2D eigenvalue weighted by molar-refractivity contribution is -0.0240. The molecule has 2 heterocycles. The van der Waals surface area contributed by atoms with Crippen molar-refractivity contribution >= 4 is 24.8 Å². The van der Waals surface area contributed by atoms with Crippen molar-refractivity contribution in [1.82, 2.24) is 15.3 Å². The molecule has 1 aromatic heterocycles. The number of ether oxygens (including phenoxy) is 1. The molecule has 0 unspecified atom stereocenters. The molecule has 5 nitrogen and oxygen atoms in total. The van der Waals surface area contributed by atoms with E-state index in [4.69, 9.17) is 4.74 Å². The molecular formula is C17H29Cl2N3O2. The Kier molecular flexibility index (Phi) is 7.73. The number of aryl methyl sites for hydroxylation is 2. The molecular weight excluding hydrogens is 349 g/mol. The number of fused-ring (bicyclic) bond motifs is 1. The number of aromatic nitrogens is 2. The summed E-state index contributed by atoms with van der Waals surface area (Å²) in [7, 11) is 0. The lowest BCUT2D eigenvalue weighted by Gasteiger charge is -2.35. The van der Waals surface area contributed by atoms with Gasteiger partial charge in [-0.3, -0.25) is 0 Å². The standard InChI is InChI=1S/C17H27N3O2.2ClH/c1-9(2)17-19-10(3)16(11(4)20-17)22-15-6-13-8-18-7-12(13)5-14(15)21;;/h9,12-15,18,21H,5-8H2,1-4H3;2*1H/t12-,13+,14+,15+;;/m0../s1. The summed E-state index contributed by atoms with van der Waals surface area (Å²) in [4.78, 5) is 9.12. The predicted octanol–water partition coefficient (Wildman–Crippen LogP) is 2.80. The van der Waals surface area contributed by atoms with E-state index < -0.39 is 6.10 Å². The van der Waals surface area contributed by atoms with Crippen LogP contribution in [0.4, 0.5) is 0 Å². The second kappa shape index (κ2) is 8.65. The number of aliphatic hydroxyl groups is 1. The van der Waals surface area contributed by atoms with Crippen molar-refractivity contribution < 1.29 is 9.84 Å². The number of halogens is 2. The van der Waals surface area contributed by atoms with Gasteiger partial charge in [0.15, 0.2) is 5.75 Å². The van der Waals surface area contributed by atoms with E-state index in [0.29, 0.717) is 17.8 Å². The molecule has 7 heteroatoms. The molecule has 1 aliphatic carbocycles. The zero-order valence-electron chi connectivity index (χ0n) is 14.8. The molecule has 2 fully saturated rings. The van der Waals surface area contributed by atoms with Crippen molar-refractivity contribution in [2.24, 2.45) is 11.8 Å². The molecule has 3 rings (SSSR count). The zero-order chi connectivity index (χ0) is 15.9.